The van der Waals surface area contributed by atoms with E-state index >= 15 is 0 Å². The summed E-state index contributed by atoms with van der Waals surface area (Å²) in [7, 11) is 0. The molecule has 3 nitrogen and oxygen atoms in total. The predicted molar refractivity (Wildman–Crippen MR) is 83.1 cm³/mol. The summed E-state index contributed by atoms with van der Waals surface area (Å²) in [6, 6.07) is 12.3. The van der Waals surface area contributed by atoms with Crippen LogP contribution >= 0.6 is 0 Å². The lowest BCUT2D eigenvalue weighted by atomic mass is 10.0. The van der Waals surface area contributed by atoms with Crippen LogP contribution in [0.25, 0.3) is 10.8 Å². The number of unbranched alkanes of at least 4 members (excludes halogenated alkanes) is 1. The smallest absolute Gasteiger partial charge is 0.124 e. The lowest BCUT2D eigenvalue weighted by Crippen LogP contribution is -2.10. The maximum atomic E-state index is 5.88. The van der Waals surface area contributed by atoms with Crippen LogP contribution in [0.4, 0.5) is 0 Å². The Morgan fingerprint density at radius 3 is 2.65 bits per heavy atom. The molecule has 20 heavy (non-hydrogen) atoms. The van der Waals surface area contributed by atoms with Crippen molar-refractivity contribution in [1.29, 1.82) is 0 Å². The highest BCUT2D eigenvalue weighted by Gasteiger charge is 2.07. The molecule has 2 N–H and O–H groups in total. The number of benzene rings is 2. The number of fused-ring (bicyclic) bond motifs is 1. The van der Waals surface area contributed by atoms with Crippen molar-refractivity contribution in [2.75, 3.05) is 19.8 Å². The summed E-state index contributed by atoms with van der Waals surface area (Å²) < 4.78 is 11.3. The van der Waals surface area contributed by atoms with Crippen LogP contribution in [0.5, 0.6) is 5.75 Å². The summed E-state index contributed by atoms with van der Waals surface area (Å²) >= 11 is 0. The van der Waals surface area contributed by atoms with E-state index in [0.29, 0.717) is 19.8 Å². The Bertz CT molecular complexity index is 540. The fraction of sp³-hybridized carbons (Fsp3) is 0.412. The molecule has 0 amide bonds. The van der Waals surface area contributed by atoms with E-state index in [1.165, 1.54) is 10.8 Å². The second-order valence-corrected chi connectivity index (χ2v) is 4.78. The van der Waals surface area contributed by atoms with E-state index in [9.17, 15) is 0 Å². The largest absolute Gasteiger partial charge is 0.491 e. The molecule has 0 atom stereocenters. The van der Waals surface area contributed by atoms with Gasteiger partial charge >= 0.3 is 0 Å². The van der Waals surface area contributed by atoms with Gasteiger partial charge < -0.3 is 15.2 Å². The van der Waals surface area contributed by atoms with Crippen LogP contribution in [-0.4, -0.2) is 19.8 Å². The molecule has 0 aromatic heterocycles. The SMILES string of the molecule is CCCCOCCOc1ccc2ccccc2c1CN. The van der Waals surface area contributed by atoms with Crippen LogP contribution in [0, 0.1) is 0 Å². The van der Waals surface area contributed by atoms with E-state index in [4.69, 9.17) is 15.2 Å². The minimum absolute atomic E-state index is 0.480. The van der Waals surface area contributed by atoms with Crippen LogP contribution < -0.4 is 10.5 Å². The Labute approximate surface area is 120 Å². The molecular formula is C17H23NO2. The Morgan fingerprint density at radius 1 is 1.00 bits per heavy atom. The van der Waals surface area contributed by atoms with E-state index in [-0.39, 0.29) is 0 Å². The molecule has 0 bridgehead atoms. The van der Waals surface area contributed by atoms with Gasteiger partial charge in [0.2, 0.25) is 0 Å². The van der Waals surface area contributed by atoms with E-state index < -0.39 is 0 Å². The van der Waals surface area contributed by atoms with Crippen molar-refractivity contribution in [3.8, 4) is 5.75 Å². The highest BCUT2D eigenvalue weighted by molar-refractivity contribution is 5.87. The zero-order chi connectivity index (χ0) is 14.2. The fourth-order valence-electron chi connectivity index (χ4n) is 2.22. The molecule has 0 fully saturated rings. The molecule has 0 saturated carbocycles. The van der Waals surface area contributed by atoms with E-state index in [0.717, 1.165) is 30.8 Å². The first kappa shape index (κ1) is 14.8. The van der Waals surface area contributed by atoms with Gasteiger partial charge in [0, 0.05) is 18.7 Å². The quantitative estimate of drug-likeness (QED) is 0.749. The molecular weight excluding hydrogens is 250 g/mol. The Hall–Kier alpha value is -1.58. The van der Waals surface area contributed by atoms with Gasteiger partial charge in [0.1, 0.15) is 12.4 Å². The van der Waals surface area contributed by atoms with Crippen molar-refractivity contribution in [3.63, 3.8) is 0 Å². The lowest BCUT2D eigenvalue weighted by molar-refractivity contribution is 0.0978. The van der Waals surface area contributed by atoms with Crippen molar-refractivity contribution >= 4 is 10.8 Å². The summed E-state index contributed by atoms with van der Waals surface area (Å²) in [5, 5.41) is 2.36. The number of nitrogens with two attached hydrogens (primary N) is 1. The highest BCUT2D eigenvalue weighted by Crippen LogP contribution is 2.27. The molecule has 0 heterocycles. The van der Waals surface area contributed by atoms with Crippen LogP contribution in [0.3, 0.4) is 0 Å². The van der Waals surface area contributed by atoms with Gasteiger partial charge in [-0.05, 0) is 23.3 Å². The molecule has 0 aliphatic carbocycles. The monoisotopic (exact) mass is 273 g/mol. The summed E-state index contributed by atoms with van der Waals surface area (Å²) in [5.41, 5.74) is 6.94. The zero-order valence-corrected chi connectivity index (χ0v) is 12.1. The minimum Gasteiger partial charge on any atom is -0.491 e. The molecule has 0 saturated heterocycles. The van der Waals surface area contributed by atoms with Gasteiger partial charge in [0.15, 0.2) is 0 Å². The summed E-state index contributed by atoms with van der Waals surface area (Å²) in [5.74, 6) is 0.866. The van der Waals surface area contributed by atoms with Gasteiger partial charge in [-0.15, -0.1) is 0 Å². The van der Waals surface area contributed by atoms with Crippen LogP contribution in [0.1, 0.15) is 25.3 Å². The summed E-state index contributed by atoms with van der Waals surface area (Å²) in [6.07, 6.45) is 2.26. The second kappa shape index (κ2) is 7.88. The summed E-state index contributed by atoms with van der Waals surface area (Å²) in [6.45, 7) is 4.63. The highest BCUT2D eigenvalue weighted by atomic mass is 16.5. The molecule has 2 aromatic carbocycles. The topological polar surface area (TPSA) is 44.5 Å². The first-order valence-electron chi connectivity index (χ1n) is 7.28. The molecule has 3 heteroatoms. The first-order chi connectivity index (χ1) is 9.86. The maximum Gasteiger partial charge on any atom is 0.124 e. The van der Waals surface area contributed by atoms with Gasteiger partial charge in [-0.25, -0.2) is 0 Å². The van der Waals surface area contributed by atoms with E-state index in [1.807, 2.05) is 18.2 Å². The molecule has 0 radical (unpaired) electrons. The standard InChI is InChI=1S/C17H23NO2/c1-2-3-10-19-11-12-20-17-9-8-14-6-4-5-7-15(14)16(17)13-18/h4-9H,2-3,10-13,18H2,1H3. The molecule has 2 rings (SSSR count). The van der Waals surface area contributed by atoms with Crippen molar-refractivity contribution in [2.24, 2.45) is 5.73 Å². The molecule has 108 valence electrons. The average molecular weight is 273 g/mol. The fourth-order valence-corrected chi connectivity index (χ4v) is 2.22. The minimum atomic E-state index is 0.480. The average Bonchev–Trinajstić information content (AvgIpc) is 2.50. The normalized spacial score (nSPS) is 10.9. The van der Waals surface area contributed by atoms with Crippen molar-refractivity contribution in [2.45, 2.75) is 26.3 Å². The van der Waals surface area contributed by atoms with Crippen molar-refractivity contribution < 1.29 is 9.47 Å². The molecule has 0 aliphatic rings. The van der Waals surface area contributed by atoms with Gasteiger partial charge in [0.25, 0.3) is 0 Å². The predicted octanol–water partition coefficient (Wildman–Crippen LogP) is 3.49. The summed E-state index contributed by atoms with van der Waals surface area (Å²) in [4.78, 5) is 0. The van der Waals surface area contributed by atoms with Crippen molar-refractivity contribution in [3.05, 3.63) is 42.0 Å². The van der Waals surface area contributed by atoms with Gasteiger partial charge in [-0.1, -0.05) is 43.7 Å². The van der Waals surface area contributed by atoms with Gasteiger partial charge in [0.05, 0.1) is 6.61 Å². The molecule has 0 unspecified atom stereocenters. The molecule has 0 spiro atoms. The van der Waals surface area contributed by atoms with Crippen LogP contribution in [0.2, 0.25) is 0 Å². The van der Waals surface area contributed by atoms with Crippen LogP contribution in [-0.2, 0) is 11.3 Å². The molecule has 0 aliphatic heterocycles. The van der Waals surface area contributed by atoms with Crippen molar-refractivity contribution in [1.82, 2.24) is 0 Å². The first-order valence-corrected chi connectivity index (χ1v) is 7.28. The number of ether oxygens (including phenoxy) is 2. The van der Waals surface area contributed by atoms with E-state index in [2.05, 4.69) is 25.1 Å². The second-order valence-electron chi connectivity index (χ2n) is 4.78. The Kier molecular flexibility index (Phi) is 5.84. The van der Waals surface area contributed by atoms with Gasteiger partial charge in [-0.3, -0.25) is 0 Å². The van der Waals surface area contributed by atoms with Crippen LogP contribution in [0.15, 0.2) is 36.4 Å². The third-order valence-corrected chi connectivity index (χ3v) is 3.33. The lowest BCUT2D eigenvalue weighted by Gasteiger charge is -2.13. The zero-order valence-electron chi connectivity index (χ0n) is 12.1. The number of hydrogen-bond donors (Lipinski definition) is 1. The number of rotatable bonds is 8. The third-order valence-electron chi connectivity index (χ3n) is 3.33. The Balaban J connectivity index is 1.99. The third kappa shape index (κ3) is 3.71. The maximum absolute atomic E-state index is 5.88. The number of hydrogen-bond acceptors (Lipinski definition) is 3. The van der Waals surface area contributed by atoms with E-state index in [1.54, 1.807) is 0 Å². The molecule has 2 aromatic rings. The Morgan fingerprint density at radius 2 is 1.85 bits per heavy atom. The van der Waals surface area contributed by atoms with Gasteiger partial charge in [-0.2, -0.15) is 0 Å².